The van der Waals surface area contributed by atoms with Gasteiger partial charge in [-0.15, -0.1) is 0 Å². The zero-order valence-corrected chi connectivity index (χ0v) is 13.5. The van der Waals surface area contributed by atoms with E-state index in [4.69, 9.17) is 4.74 Å². The van der Waals surface area contributed by atoms with Crippen molar-refractivity contribution in [2.45, 2.75) is 26.5 Å². The molecule has 0 aliphatic carbocycles. The van der Waals surface area contributed by atoms with Crippen molar-refractivity contribution in [2.24, 2.45) is 0 Å². The van der Waals surface area contributed by atoms with Gasteiger partial charge in [0, 0.05) is 26.0 Å². The SMILES string of the molecule is CC(C)Oc1cccc(CN(C)c2ncc(Br)cn2)c1. The van der Waals surface area contributed by atoms with Gasteiger partial charge in [-0.2, -0.15) is 0 Å². The quantitative estimate of drug-likeness (QED) is 0.835. The number of ether oxygens (including phenoxy) is 1. The van der Waals surface area contributed by atoms with Crippen LogP contribution in [0.5, 0.6) is 5.75 Å². The molecule has 0 atom stereocenters. The molecule has 0 N–H and O–H groups in total. The Kier molecular flexibility index (Phi) is 4.95. The first-order valence-electron chi connectivity index (χ1n) is 6.49. The summed E-state index contributed by atoms with van der Waals surface area (Å²) in [5, 5.41) is 0. The first kappa shape index (κ1) is 14.8. The predicted octanol–water partition coefficient (Wildman–Crippen LogP) is 3.66. The molecule has 0 saturated carbocycles. The van der Waals surface area contributed by atoms with Crippen molar-refractivity contribution >= 4 is 21.9 Å². The summed E-state index contributed by atoms with van der Waals surface area (Å²) in [5.74, 6) is 1.59. The Morgan fingerprint density at radius 1 is 1.25 bits per heavy atom. The minimum absolute atomic E-state index is 0.179. The number of hydrogen-bond donors (Lipinski definition) is 0. The second kappa shape index (κ2) is 6.70. The van der Waals surface area contributed by atoms with Crippen LogP contribution in [0.15, 0.2) is 41.1 Å². The fourth-order valence-electron chi connectivity index (χ4n) is 1.84. The van der Waals surface area contributed by atoms with Crippen molar-refractivity contribution < 1.29 is 4.74 Å². The van der Waals surface area contributed by atoms with Gasteiger partial charge in [0.2, 0.25) is 5.95 Å². The topological polar surface area (TPSA) is 38.2 Å². The van der Waals surface area contributed by atoms with Crippen LogP contribution in [0.3, 0.4) is 0 Å². The average molecular weight is 336 g/mol. The maximum Gasteiger partial charge on any atom is 0.225 e. The zero-order chi connectivity index (χ0) is 14.5. The first-order valence-corrected chi connectivity index (χ1v) is 7.28. The van der Waals surface area contributed by atoms with Crippen LogP contribution in [0.1, 0.15) is 19.4 Å². The van der Waals surface area contributed by atoms with Gasteiger partial charge in [-0.3, -0.25) is 0 Å². The maximum absolute atomic E-state index is 5.70. The highest BCUT2D eigenvalue weighted by Crippen LogP contribution is 2.18. The van der Waals surface area contributed by atoms with Gasteiger partial charge in [-0.1, -0.05) is 12.1 Å². The molecule has 0 spiro atoms. The normalized spacial score (nSPS) is 10.7. The standard InChI is InChI=1S/C15H18BrN3O/c1-11(2)20-14-6-4-5-12(7-14)10-19(3)15-17-8-13(16)9-18-15/h4-9,11H,10H2,1-3H3. The molecule has 0 fully saturated rings. The van der Waals surface area contributed by atoms with Gasteiger partial charge >= 0.3 is 0 Å². The smallest absolute Gasteiger partial charge is 0.225 e. The van der Waals surface area contributed by atoms with Gasteiger partial charge in [0.05, 0.1) is 10.6 Å². The number of benzene rings is 1. The molecule has 20 heavy (non-hydrogen) atoms. The van der Waals surface area contributed by atoms with E-state index in [0.717, 1.165) is 22.3 Å². The van der Waals surface area contributed by atoms with Gasteiger partial charge in [-0.05, 0) is 47.5 Å². The molecule has 106 valence electrons. The Labute approximate surface area is 127 Å². The third kappa shape index (κ3) is 4.20. The molecule has 0 bridgehead atoms. The van der Waals surface area contributed by atoms with Gasteiger partial charge in [-0.25, -0.2) is 9.97 Å². The summed E-state index contributed by atoms with van der Waals surface area (Å²) in [6, 6.07) is 8.10. The second-order valence-corrected chi connectivity index (χ2v) is 5.79. The molecule has 1 aromatic carbocycles. The van der Waals surface area contributed by atoms with Crippen LogP contribution < -0.4 is 9.64 Å². The van der Waals surface area contributed by atoms with Crippen molar-refractivity contribution in [3.05, 3.63) is 46.7 Å². The fourth-order valence-corrected chi connectivity index (χ4v) is 2.04. The molecule has 1 aromatic heterocycles. The van der Waals surface area contributed by atoms with E-state index < -0.39 is 0 Å². The molecular weight excluding hydrogens is 318 g/mol. The highest BCUT2D eigenvalue weighted by molar-refractivity contribution is 9.10. The van der Waals surface area contributed by atoms with Crippen molar-refractivity contribution in [3.63, 3.8) is 0 Å². The zero-order valence-electron chi connectivity index (χ0n) is 11.9. The summed E-state index contributed by atoms with van der Waals surface area (Å²) in [6.07, 6.45) is 3.67. The van der Waals surface area contributed by atoms with Crippen molar-refractivity contribution in [1.29, 1.82) is 0 Å². The molecule has 0 aliphatic heterocycles. The number of aromatic nitrogens is 2. The molecule has 0 radical (unpaired) electrons. The van der Waals surface area contributed by atoms with Gasteiger partial charge in [0.25, 0.3) is 0 Å². The summed E-state index contributed by atoms with van der Waals surface area (Å²) >= 11 is 3.33. The maximum atomic E-state index is 5.70. The lowest BCUT2D eigenvalue weighted by Gasteiger charge is -2.17. The van der Waals surface area contributed by atoms with Crippen molar-refractivity contribution in [1.82, 2.24) is 9.97 Å². The minimum Gasteiger partial charge on any atom is -0.491 e. The lowest BCUT2D eigenvalue weighted by atomic mass is 10.2. The molecule has 4 nitrogen and oxygen atoms in total. The summed E-state index contributed by atoms with van der Waals surface area (Å²) in [6.45, 7) is 4.78. The van der Waals surface area contributed by atoms with Gasteiger partial charge in [0.15, 0.2) is 0 Å². The highest BCUT2D eigenvalue weighted by Gasteiger charge is 2.06. The Balaban J connectivity index is 2.07. The van der Waals surface area contributed by atoms with Crippen LogP contribution >= 0.6 is 15.9 Å². The number of halogens is 1. The van der Waals surface area contributed by atoms with E-state index in [-0.39, 0.29) is 6.10 Å². The van der Waals surface area contributed by atoms with Crippen LogP contribution in [0.2, 0.25) is 0 Å². The molecule has 0 saturated heterocycles. The third-order valence-corrected chi connectivity index (χ3v) is 3.05. The van der Waals surface area contributed by atoms with E-state index in [1.165, 1.54) is 0 Å². The number of anilines is 1. The summed E-state index contributed by atoms with van der Waals surface area (Å²) in [7, 11) is 1.97. The summed E-state index contributed by atoms with van der Waals surface area (Å²) < 4.78 is 6.58. The van der Waals surface area contributed by atoms with E-state index in [1.54, 1.807) is 12.4 Å². The van der Waals surface area contributed by atoms with Crippen LogP contribution in [-0.2, 0) is 6.54 Å². The van der Waals surface area contributed by atoms with E-state index in [9.17, 15) is 0 Å². The molecule has 0 unspecified atom stereocenters. The minimum atomic E-state index is 0.179. The molecular formula is C15H18BrN3O. The van der Waals surface area contributed by atoms with Gasteiger partial charge < -0.3 is 9.64 Å². The lowest BCUT2D eigenvalue weighted by molar-refractivity contribution is 0.242. The predicted molar refractivity (Wildman–Crippen MR) is 84.0 cm³/mol. The number of hydrogen-bond acceptors (Lipinski definition) is 4. The van der Waals surface area contributed by atoms with Crippen LogP contribution in [0.4, 0.5) is 5.95 Å². The summed E-state index contributed by atoms with van der Waals surface area (Å²) in [4.78, 5) is 10.6. The van der Waals surface area contributed by atoms with Crippen LogP contribution in [-0.4, -0.2) is 23.1 Å². The molecule has 2 rings (SSSR count). The molecule has 2 aromatic rings. The Hall–Kier alpha value is -1.62. The second-order valence-electron chi connectivity index (χ2n) is 4.87. The molecule has 0 amide bonds. The average Bonchev–Trinajstić information content (AvgIpc) is 2.39. The van der Waals surface area contributed by atoms with E-state index in [2.05, 4.69) is 38.0 Å². The Morgan fingerprint density at radius 2 is 1.95 bits per heavy atom. The third-order valence-electron chi connectivity index (χ3n) is 2.64. The molecule has 0 aliphatic rings. The number of nitrogens with zero attached hydrogens (tertiary/aromatic N) is 3. The largest absolute Gasteiger partial charge is 0.491 e. The lowest BCUT2D eigenvalue weighted by Crippen LogP contribution is -2.19. The van der Waals surface area contributed by atoms with E-state index in [1.807, 2.05) is 37.9 Å². The van der Waals surface area contributed by atoms with E-state index in [0.29, 0.717) is 5.95 Å². The molecule has 5 heteroatoms. The number of rotatable bonds is 5. The Morgan fingerprint density at radius 3 is 2.60 bits per heavy atom. The highest BCUT2D eigenvalue weighted by atomic mass is 79.9. The van der Waals surface area contributed by atoms with Gasteiger partial charge in [0.1, 0.15) is 5.75 Å². The monoisotopic (exact) mass is 335 g/mol. The summed E-state index contributed by atoms with van der Waals surface area (Å²) in [5.41, 5.74) is 1.16. The van der Waals surface area contributed by atoms with E-state index >= 15 is 0 Å². The molecule has 1 heterocycles. The Bertz CT molecular complexity index is 557. The van der Waals surface area contributed by atoms with Crippen LogP contribution in [0, 0.1) is 0 Å². The van der Waals surface area contributed by atoms with Crippen molar-refractivity contribution in [2.75, 3.05) is 11.9 Å². The van der Waals surface area contributed by atoms with Crippen molar-refractivity contribution in [3.8, 4) is 5.75 Å². The fraction of sp³-hybridized carbons (Fsp3) is 0.333. The van der Waals surface area contributed by atoms with Crippen LogP contribution in [0.25, 0.3) is 0 Å². The first-order chi connectivity index (χ1) is 9.54.